The molecule has 1 aromatic carbocycles. The number of hydrogen-bond donors (Lipinski definition) is 1. The molecule has 0 amide bonds. The van der Waals surface area contributed by atoms with E-state index in [4.69, 9.17) is 23.4 Å². The largest absolute Gasteiger partial charge is 0.493 e. The zero-order valence-corrected chi connectivity index (χ0v) is 14.0. The highest BCUT2D eigenvalue weighted by molar-refractivity contribution is 5.44. The fourth-order valence-electron chi connectivity index (χ4n) is 2.31. The summed E-state index contributed by atoms with van der Waals surface area (Å²) in [5.41, 5.74) is -0.0588. The van der Waals surface area contributed by atoms with E-state index in [0.717, 1.165) is 0 Å². The van der Waals surface area contributed by atoms with E-state index in [1.54, 1.807) is 18.2 Å². The molecule has 2 rings (SSSR count). The molecule has 7 nitrogen and oxygen atoms in total. The maximum absolute atomic E-state index is 11.9. The number of benzene rings is 1. The van der Waals surface area contributed by atoms with Crippen molar-refractivity contribution in [3.05, 3.63) is 46.0 Å². The van der Waals surface area contributed by atoms with Gasteiger partial charge >= 0.3 is 5.63 Å². The van der Waals surface area contributed by atoms with Crippen LogP contribution in [0.3, 0.4) is 0 Å². The van der Waals surface area contributed by atoms with Crippen molar-refractivity contribution in [1.82, 2.24) is 0 Å². The molecule has 0 saturated heterocycles. The third-order valence-electron chi connectivity index (χ3n) is 3.54. The van der Waals surface area contributed by atoms with Crippen molar-refractivity contribution in [3.8, 4) is 23.0 Å². The third kappa shape index (κ3) is 3.62. The Hall–Kier alpha value is -2.67. The summed E-state index contributed by atoms with van der Waals surface area (Å²) < 4.78 is 25.6. The molecule has 0 aliphatic heterocycles. The van der Waals surface area contributed by atoms with Crippen LogP contribution in [0.2, 0.25) is 0 Å². The van der Waals surface area contributed by atoms with Gasteiger partial charge in [-0.15, -0.1) is 0 Å². The van der Waals surface area contributed by atoms with Gasteiger partial charge in [-0.3, -0.25) is 0 Å². The molecule has 0 aliphatic carbocycles. The number of hydrogen-bond acceptors (Lipinski definition) is 7. The van der Waals surface area contributed by atoms with Gasteiger partial charge in [0.05, 0.1) is 34.5 Å². The standard InChI is InChI=1S/C17H20O7/c1-20-13-6-5-10(7-14(13)21-2)12(18)8-11-9-15(22-3)16(23-4)17(19)24-11/h5-7,9,12,18H,8H2,1-4H3. The summed E-state index contributed by atoms with van der Waals surface area (Å²) in [6, 6.07) is 6.60. The molecular weight excluding hydrogens is 316 g/mol. The first-order chi connectivity index (χ1) is 11.5. The summed E-state index contributed by atoms with van der Waals surface area (Å²) in [5, 5.41) is 10.4. The summed E-state index contributed by atoms with van der Waals surface area (Å²) >= 11 is 0. The molecule has 1 aromatic heterocycles. The number of methoxy groups -OCH3 is 4. The fraction of sp³-hybridized carbons (Fsp3) is 0.353. The van der Waals surface area contributed by atoms with Crippen molar-refractivity contribution in [2.75, 3.05) is 28.4 Å². The van der Waals surface area contributed by atoms with Crippen molar-refractivity contribution in [2.45, 2.75) is 12.5 Å². The molecule has 0 spiro atoms. The van der Waals surface area contributed by atoms with Gasteiger partial charge in [0, 0.05) is 12.5 Å². The molecule has 0 radical (unpaired) electrons. The Morgan fingerprint density at radius 2 is 1.62 bits per heavy atom. The van der Waals surface area contributed by atoms with Crippen LogP contribution in [0.4, 0.5) is 0 Å². The lowest BCUT2D eigenvalue weighted by Crippen LogP contribution is -2.10. The number of rotatable bonds is 7. The van der Waals surface area contributed by atoms with E-state index in [1.807, 2.05) is 0 Å². The zero-order valence-electron chi connectivity index (χ0n) is 14.0. The summed E-state index contributed by atoms with van der Waals surface area (Å²) in [6.07, 6.45) is -0.809. The van der Waals surface area contributed by atoms with Gasteiger partial charge in [0.2, 0.25) is 5.75 Å². The van der Waals surface area contributed by atoms with E-state index in [-0.39, 0.29) is 23.7 Å². The second-order valence-corrected chi connectivity index (χ2v) is 4.94. The monoisotopic (exact) mass is 336 g/mol. The summed E-state index contributed by atoms with van der Waals surface area (Å²) in [4.78, 5) is 11.9. The van der Waals surface area contributed by atoms with Crippen LogP contribution in [0.1, 0.15) is 17.4 Å². The Bertz CT molecular complexity index is 751. The Labute approximate surface area is 139 Å². The Balaban J connectivity index is 2.28. The Kier molecular flexibility index (Phi) is 5.70. The van der Waals surface area contributed by atoms with Crippen LogP contribution in [0.15, 0.2) is 33.5 Å². The van der Waals surface area contributed by atoms with Crippen LogP contribution in [-0.4, -0.2) is 33.5 Å². The predicted octanol–water partition coefficient (Wildman–Crippen LogP) is 1.95. The van der Waals surface area contributed by atoms with Gasteiger partial charge in [-0.1, -0.05) is 6.07 Å². The van der Waals surface area contributed by atoms with Gasteiger partial charge in [0.25, 0.3) is 0 Å². The highest BCUT2D eigenvalue weighted by atomic mass is 16.5. The lowest BCUT2D eigenvalue weighted by Gasteiger charge is -2.14. The predicted molar refractivity (Wildman–Crippen MR) is 86.3 cm³/mol. The summed E-state index contributed by atoms with van der Waals surface area (Å²) in [5.74, 6) is 1.58. The van der Waals surface area contributed by atoms with Gasteiger partial charge in [0.15, 0.2) is 17.2 Å². The molecule has 1 atom stereocenters. The molecular formula is C17H20O7. The molecule has 0 bridgehead atoms. The van der Waals surface area contributed by atoms with Crippen LogP contribution >= 0.6 is 0 Å². The van der Waals surface area contributed by atoms with Gasteiger partial charge in [-0.25, -0.2) is 4.79 Å². The van der Waals surface area contributed by atoms with Crippen LogP contribution in [0.5, 0.6) is 23.0 Å². The van der Waals surface area contributed by atoms with Crippen molar-refractivity contribution in [3.63, 3.8) is 0 Å². The van der Waals surface area contributed by atoms with Crippen molar-refractivity contribution >= 4 is 0 Å². The number of aliphatic hydroxyl groups excluding tert-OH is 1. The Morgan fingerprint density at radius 1 is 0.958 bits per heavy atom. The molecule has 130 valence electrons. The normalized spacial score (nSPS) is 11.7. The molecule has 1 heterocycles. The highest BCUT2D eigenvalue weighted by Crippen LogP contribution is 2.31. The quantitative estimate of drug-likeness (QED) is 0.827. The van der Waals surface area contributed by atoms with Gasteiger partial charge in [-0.2, -0.15) is 0 Å². The van der Waals surface area contributed by atoms with Crippen LogP contribution in [0.25, 0.3) is 0 Å². The minimum Gasteiger partial charge on any atom is -0.493 e. The molecule has 24 heavy (non-hydrogen) atoms. The minimum atomic E-state index is -0.897. The van der Waals surface area contributed by atoms with Crippen molar-refractivity contribution < 1.29 is 28.5 Å². The first-order valence-corrected chi connectivity index (χ1v) is 7.19. The van der Waals surface area contributed by atoms with Crippen molar-refractivity contribution in [1.29, 1.82) is 0 Å². The average molecular weight is 336 g/mol. The maximum Gasteiger partial charge on any atom is 0.382 e. The van der Waals surface area contributed by atoms with Gasteiger partial charge in [-0.05, 0) is 17.7 Å². The number of ether oxygens (including phenoxy) is 4. The second kappa shape index (κ2) is 7.74. The average Bonchev–Trinajstić information content (AvgIpc) is 2.60. The molecule has 0 fully saturated rings. The third-order valence-corrected chi connectivity index (χ3v) is 3.54. The van der Waals surface area contributed by atoms with Crippen LogP contribution in [0, 0.1) is 0 Å². The second-order valence-electron chi connectivity index (χ2n) is 4.94. The highest BCUT2D eigenvalue weighted by Gasteiger charge is 2.17. The minimum absolute atomic E-state index is 0.0122. The van der Waals surface area contributed by atoms with Crippen molar-refractivity contribution in [2.24, 2.45) is 0 Å². The molecule has 2 aromatic rings. The molecule has 0 saturated carbocycles. The lowest BCUT2D eigenvalue weighted by atomic mass is 10.0. The maximum atomic E-state index is 11.9. The lowest BCUT2D eigenvalue weighted by molar-refractivity contribution is 0.167. The number of aliphatic hydroxyl groups is 1. The van der Waals surface area contributed by atoms with E-state index < -0.39 is 11.7 Å². The SMILES string of the molecule is COc1ccc(C(O)Cc2cc(OC)c(OC)c(=O)o2)cc1OC. The van der Waals surface area contributed by atoms with Crippen LogP contribution in [-0.2, 0) is 6.42 Å². The fourth-order valence-corrected chi connectivity index (χ4v) is 2.31. The van der Waals surface area contributed by atoms with E-state index >= 15 is 0 Å². The van der Waals surface area contributed by atoms with E-state index in [0.29, 0.717) is 17.1 Å². The Morgan fingerprint density at radius 3 is 2.21 bits per heavy atom. The summed E-state index contributed by atoms with van der Waals surface area (Å²) in [6.45, 7) is 0. The summed E-state index contributed by atoms with van der Waals surface area (Å²) in [7, 11) is 5.83. The van der Waals surface area contributed by atoms with E-state index in [9.17, 15) is 9.90 Å². The van der Waals surface area contributed by atoms with E-state index in [2.05, 4.69) is 0 Å². The first-order valence-electron chi connectivity index (χ1n) is 7.19. The smallest absolute Gasteiger partial charge is 0.382 e. The molecule has 0 aliphatic rings. The van der Waals surface area contributed by atoms with Crippen LogP contribution < -0.4 is 24.6 Å². The molecule has 1 unspecified atom stereocenters. The topological polar surface area (TPSA) is 87.4 Å². The van der Waals surface area contributed by atoms with Gasteiger partial charge < -0.3 is 28.5 Å². The van der Waals surface area contributed by atoms with E-state index in [1.165, 1.54) is 34.5 Å². The zero-order chi connectivity index (χ0) is 17.7. The first kappa shape index (κ1) is 17.7. The molecule has 1 N–H and O–H groups in total. The van der Waals surface area contributed by atoms with Gasteiger partial charge in [0.1, 0.15) is 5.76 Å². The molecule has 7 heteroatoms.